The summed E-state index contributed by atoms with van der Waals surface area (Å²) in [7, 11) is 1.44. The quantitative estimate of drug-likeness (QED) is 0.308. The van der Waals surface area contributed by atoms with Crippen molar-refractivity contribution in [1.82, 2.24) is 15.7 Å². The van der Waals surface area contributed by atoms with Gasteiger partial charge in [-0.25, -0.2) is 5.06 Å². The van der Waals surface area contributed by atoms with Crippen LogP contribution in [0.25, 0.3) is 0 Å². The molecular formula is C20H26ClN3O5. The third-order valence-corrected chi connectivity index (χ3v) is 4.25. The zero-order valence-electron chi connectivity index (χ0n) is 16.8. The molecule has 1 aromatic rings. The molecule has 8 nitrogen and oxygen atoms in total. The summed E-state index contributed by atoms with van der Waals surface area (Å²) in [5, 5.41) is 25.3. The van der Waals surface area contributed by atoms with E-state index in [0.717, 1.165) is 0 Å². The van der Waals surface area contributed by atoms with Crippen LogP contribution in [0, 0.1) is 17.3 Å². The summed E-state index contributed by atoms with van der Waals surface area (Å²) in [6, 6.07) is 5.96. The van der Waals surface area contributed by atoms with Gasteiger partial charge in [-0.2, -0.15) is 0 Å². The molecular weight excluding hydrogens is 398 g/mol. The molecule has 0 bridgehead atoms. The van der Waals surface area contributed by atoms with Crippen molar-refractivity contribution in [3.05, 3.63) is 34.9 Å². The topological polar surface area (TPSA) is 119 Å². The maximum Gasteiger partial charge on any atom is 0.276 e. The third-order valence-electron chi connectivity index (χ3n) is 3.92. The Bertz CT molecular complexity index is 810. The summed E-state index contributed by atoms with van der Waals surface area (Å²) in [5.74, 6) is 3.08. The van der Waals surface area contributed by atoms with E-state index < -0.39 is 41.7 Å². The van der Waals surface area contributed by atoms with Crippen molar-refractivity contribution in [3.8, 4) is 11.8 Å². The Hall–Kier alpha value is -2.60. The molecule has 0 aliphatic heterocycles. The first kappa shape index (κ1) is 24.4. The van der Waals surface area contributed by atoms with Gasteiger partial charge in [-0.05, 0) is 17.5 Å². The Labute approximate surface area is 175 Å². The number of benzene rings is 1. The number of carbonyl (C=O) groups is 3. The number of aliphatic hydroxyl groups is 1. The van der Waals surface area contributed by atoms with Crippen LogP contribution in [0.1, 0.15) is 32.8 Å². The average Bonchev–Trinajstić information content (AvgIpc) is 2.65. The van der Waals surface area contributed by atoms with Crippen LogP contribution in [-0.2, 0) is 14.4 Å². The van der Waals surface area contributed by atoms with Gasteiger partial charge in [0, 0.05) is 12.6 Å². The van der Waals surface area contributed by atoms with E-state index in [1.54, 1.807) is 45.0 Å². The number of halogens is 1. The Morgan fingerprint density at radius 3 is 2.41 bits per heavy atom. The summed E-state index contributed by atoms with van der Waals surface area (Å²) in [4.78, 5) is 36.1. The molecule has 158 valence electrons. The lowest BCUT2D eigenvalue weighted by Crippen LogP contribution is -2.53. The lowest BCUT2D eigenvalue weighted by Gasteiger charge is -2.30. The zero-order chi connectivity index (χ0) is 22.2. The number of nitrogens with zero attached hydrogens (tertiary/aromatic N) is 1. The fraction of sp³-hybridized carbons (Fsp3) is 0.450. The molecule has 4 N–H and O–H groups in total. The Kier molecular flexibility index (Phi) is 9.11. The Balaban J connectivity index is 2.65. The summed E-state index contributed by atoms with van der Waals surface area (Å²) >= 11 is 5.96. The van der Waals surface area contributed by atoms with Crippen LogP contribution in [0.4, 0.5) is 0 Å². The molecule has 0 aromatic heterocycles. The number of amides is 3. The van der Waals surface area contributed by atoms with Gasteiger partial charge in [0.2, 0.25) is 11.8 Å². The van der Waals surface area contributed by atoms with Gasteiger partial charge in [0.25, 0.3) is 5.91 Å². The molecule has 0 aliphatic rings. The number of carbonyl (C=O) groups excluding carboxylic acids is 3. The van der Waals surface area contributed by atoms with E-state index in [1.165, 1.54) is 7.05 Å². The van der Waals surface area contributed by atoms with Gasteiger partial charge >= 0.3 is 0 Å². The first-order valence-corrected chi connectivity index (χ1v) is 9.27. The maximum atomic E-state index is 12.1. The van der Waals surface area contributed by atoms with Crippen molar-refractivity contribution in [2.45, 2.75) is 39.3 Å². The highest BCUT2D eigenvalue weighted by Gasteiger charge is 2.33. The molecule has 0 radical (unpaired) electrons. The van der Waals surface area contributed by atoms with E-state index in [-0.39, 0.29) is 11.6 Å². The average molecular weight is 424 g/mol. The highest BCUT2D eigenvalue weighted by molar-refractivity contribution is 6.31. The van der Waals surface area contributed by atoms with Crippen molar-refractivity contribution < 1.29 is 24.7 Å². The standard InChI is InChI=1S/C20H26ClN3O5/c1-20(2,3)17(18(27)22-4)23-16(26)12-15(25)19(28)24(29)11-7-9-13-8-5-6-10-14(13)21/h5-6,8,10,15,17,25,29H,11-12H2,1-4H3,(H,22,27)(H,23,26)/t15-,17+/m0/s1. The number of likely N-dealkylation sites (N-methyl/N-ethyl adjacent to an activating group) is 1. The van der Waals surface area contributed by atoms with Crippen molar-refractivity contribution in [1.29, 1.82) is 0 Å². The Morgan fingerprint density at radius 2 is 1.86 bits per heavy atom. The predicted octanol–water partition coefficient (Wildman–Crippen LogP) is 0.937. The molecule has 9 heteroatoms. The molecule has 0 aliphatic carbocycles. The molecule has 2 atom stereocenters. The molecule has 0 fully saturated rings. The first-order valence-electron chi connectivity index (χ1n) is 8.90. The lowest BCUT2D eigenvalue weighted by molar-refractivity contribution is -0.173. The summed E-state index contributed by atoms with van der Waals surface area (Å²) in [6.45, 7) is 4.91. The number of nitrogens with one attached hydrogen (secondary N) is 2. The van der Waals surface area contributed by atoms with Crippen molar-refractivity contribution in [2.75, 3.05) is 13.6 Å². The molecule has 1 rings (SSSR count). The van der Waals surface area contributed by atoms with E-state index in [9.17, 15) is 24.7 Å². The minimum absolute atomic E-state index is 0.224. The molecule has 0 unspecified atom stereocenters. The van der Waals surface area contributed by atoms with E-state index in [0.29, 0.717) is 10.6 Å². The van der Waals surface area contributed by atoms with Crippen molar-refractivity contribution >= 4 is 29.3 Å². The normalized spacial score (nSPS) is 12.8. The largest absolute Gasteiger partial charge is 0.383 e. The molecule has 1 aromatic carbocycles. The molecule has 0 saturated heterocycles. The van der Waals surface area contributed by atoms with Crippen LogP contribution >= 0.6 is 11.6 Å². The fourth-order valence-corrected chi connectivity index (χ4v) is 2.51. The number of hydrogen-bond donors (Lipinski definition) is 4. The van der Waals surface area contributed by atoms with Gasteiger partial charge < -0.3 is 15.7 Å². The van der Waals surface area contributed by atoms with E-state index >= 15 is 0 Å². The second-order valence-corrected chi connectivity index (χ2v) is 7.79. The van der Waals surface area contributed by atoms with Crippen LogP contribution < -0.4 is 10.6 Å². The Morgan fingerprint density at radius 1 is 1.24 bits per heavy atom. The zero-order valence-corrected chi connectivity index (χ0v) is 17.6. The number of rotatable bonds is 6. The smallest absolute Gasteiger partial charge is 0.276 e. The molecule has 3 amide bonds. The van der Waals surface area contributed by atoms with Crippen LogP contribution in [0.5, 0.6) is 0 Å². The maximum absolute atomic E-state index is 12.1. The molecule has 0 saturated carbocycles. The second kappa shape index (κ2) is 10.8. The van der Waals surface area contributed by atoms with Gasteiger partial charge in [0.15, 0.2) is 0 Å². The minimum Gasteiger partial charge on any atom is -0.383 e. The van der Waals surface area contributed by atoms with Gasteiger partial charge in [-0.3, -0.25) is 19.6 Å². The molecule has 29 heavy (non-hydrogen) atoms. The fourth-order valence-electron chi connectivity index (χ4n) is 2.32. The first-order chi connectivity index (χ1) is 13.5. The van der Waals surface area contributed by atoms with E-state index in [2.05, 4.69) is 22.5 Å². The number of hydroxylamine groups is 2. The molecule has 0 spiro atoms. The second-order valence-electron chi connectivity index (χ2n) is 7.38. The SMILES string of the molecule is CNC(=O)[C@@H](NC(=O)C[C@H](O)C(=O)N(O)CC#Cc1ccccc1Cl)C(C)(C)C. The lowest BCUT2D eigenvalue weighted by atomic mass is 9.86. The summed E-state index contributed by atoms with van der Waals surface area (Å²) in [6.07, 6.45) is -2.40. The van der Waals surface area contributed by atoms with Gasteiger partial charge in [0.1, 0.15) is 18.7 Å². The van der Waals surface area contributed by atoms with Crippen LogP contribution in [0.15, 0.2) is 24.3 Å². The van der Waals surface area contributed by atoms with E-state index in [1.807, 2.05) is 0 Å². The monoisotopic (exact) mass is 423 g/mol. The predicted molar refractivity (Wildman–Crippen MR) is 108 cm³/mol. The minimum atomic E-state index is -1.78. The summed E-state index contributed by atoms with van der Waals surface area (Å²) < 4.78 is 0. The number of aliphatic hydroxyl groups excluding tert-OH is 1. The van der Waals surface area contributed by atoms with Crippen LogP contribution in [-0.4, -0.2) is 58.8 Å². The highest BCUT2D eigenvalue weighted by Crippen LogP contribution is 2.19. The van der Waals surface area contributed by atoms with E-state index in [4.69, 9.17) is 11.6 Å². The van der Waals surface area contributed by atoms with Crippen LogP contribution in [0.3, 0.4) is 0 Å². The highest BCUT2D eigenvalue weighted by atomic mass is 35.5. The van der Waals surface area contributed by atoms with Crippen molar-refractivity contribution in [2.24, 2.45) is 5.41 Å². The van der Waals surface area contributed by atoms with Gasteiger partial charge in [-0.1, -0.05) is 56.3 Å². The van der Waals surface area contributed by atoms with Crippen molar-refractivity contribution in [3.63, 3.8) is 0 Å². The molecule has 0 heterocycles. The van der Waals surface area contributed by atoms with Crippen LogP contribution in [0.2, 0.25) is 5.02 Å². The number of hydrogen-bond acceptors (Lipinski definition) is 5. The van der Waals surface area contributed by atoms with Gasteiger partial charge in [0.05, 0.1) is 11.4 Å². The summed E-state index contributed by atoms with van der Waals surface area (Å²) in [5.41, 5.74) is -0.0560. The van der Waals surface area contributed by atoms with Gasteiger partial charge in [-0.15, -0.1) is 0 Å². The third kappa shape index (κ3) is 7.74.